The summed E-state index contributed by atoms with van der Waals surface area (Å²) >= 11 is 6.18. The standard InChI is InChI=1S/C13H21ClN2/c1-4-10(14)9-13(2,3)16-12-7-5-11(15)6-8-12/h5-8,10,16H,4,9,15H2,1-3H3. The Kier molecular flexibility index (Phi) is 4.48. The van der Waals surface area contributed by atoms with E-state index >= 15 is 0 Å². The number of alkyl halides is 1. The predicted molar refractivity (Wildman–Crippen MR) is 73.1 cm³/mol. The van der Waals surface area contributed by atoms with Crippen LogP contribution in [0.3, 0.4) is 0 Å². The molecule has 90 valence electrons. The van der Waals surface area contributed by atoms with Crippen LogP contribution in [0.1, 0.15) is 33.6 Å². The van der Waals surface area contributed by atoms with E-state index in [0.29, 0.717) is 0 Å². The molecule has 16 heavy (non-hydrogen) atoms. The molecular weight excluding hydrogens is 220 g/mol. The molecule has 0 aromatic heterocycles. The van der Waals surface area contributed by atoms with Gasteiger partial charge in [0.25, 0.3) is 0 Å². The molecule has 0 radical (unpaired) electrons. The van der Waals surface area contributed by atoms with Crippen molar-refractivity contribution in [1.29, 1.82) is 0 Å². The van der Waals surface area contributed by atoms with Crippen molar-refractivity contribution >= 4 is 23.0 Å². The molecule has 0 heterocycles. The van der Waals surface area contributed by atoms with Crippen LogP contribution in [0.2, 0.25) is 0 Å². The summed E-state index contributed by atoms with van der Waals surface area (Å²) in [7, 11) is 0. The minimum atomic E-state index is -0.00145. The summed E-state index contributed by atoms with van der Waals surface area (Å²) in [4.78, 5) is 0. The van der Waals surface area contributed by atoms with Gasteiger partial charge in [-0.25, -0.2) is 0 Å². The molecule has 1 unspecified atom stereocenters. The fraction of sp³-hybridized carbons (Fsp3) is 0.538. The van der Waals surface area contributed by atoms with Gasteiger partial charge in [0.05, 0.1) is 0 Å². The smallest absolute Gasteiger partial charge is 0.0355 e. The third-order valence-corrected chi connectivity index (χ3v) is 3.03. The lowest BCUT2D eigenvalue weighted by molar-refractivity contribution is 0.498. The predicted octanol–water partition coefficient (Wildman–Crippen LogP) is 3.87. The van der Waals surface area contributed by atoms with Gasteiger partial charge in [0.2, 0.25) is 0 Å². The number of benzene rings is 1. The topological polar surface area (TPSA) is 38.0 Å². The van der Waals surface area contributed by atoms with Gasteiger partial charge in [-0.05, 0) is 51.0 Å². The molecule has 1 aromatic rings. The summed E-state index contributed by atoms with van der Waals surface area (Å²) in [6.07, 6.45) is 1.93. The number of nitrogens with one attached hydrogen (secondary N) is 1. The SMILES string of the molecule is CCC(Cl)CC(C)(C)Nc1ccc(N)cc1. The van der Waals surface area contributed by atoms with Crippen LogP contribution in [0.25, 0.3) is 0 Å². The Hall–Kier alpha value is -0.890. The van der Waals surface area contributed by atoms with Gasteiger partial charge >= 0.3 is 0 Å². The van der Waals surface area contributed by atoms with Crippen LogP contribution in [-0.2, 0) is 0 Å². The van der Waals surface area contributed by atoms with E-state index in [-0.39, 0.29) is 10.9 Å². The molecule has 0 aliphatic carbocycles. The zero-order valence-corrected chi connectivity index (χ0v) is 11.0. The van der Waals surface area contributed by atoms with Gasteiger partial charge in [0.15, 0.2) is 0 Å². The average molecular weight is 241 g/mol. The minimum absolute atomic E-state index is 0.00145. The summed E-state index contributed by atoms with van der Waals surface area (Å²) < 4.78 is 0. The molecule has 0 saturated carbocycles. The highest BCUT2D eigenvalue weighted by Crippen LogP contribution is 2.23. The largest absolute Gasteiger partial charge is 0.399 e. The molecule has 1 aromatic carbocycles. The van der Waals surface area contributed by atoms with Crippen LogP contribution in [0.5, 0.6) is 0 Å². The van der Waals surface area contributed by atoms with Crippen molar-refractivity contribution in [2.45, 2.75) is 44.5 Å². The van der Waals surface area contributed by atoms with Crippen molar-refractivity contribution in [2.75, 3.05) is 11.1 Å². The molecule has 2 nitrogen and oxygen atoms in total. The van der Waals surface area contributed by atoms with Crippen LogP contribution in [0.15, 0.2) is 24.3 Å². The van der Waals surface area contributed by atoms with E-state index in [1.165, 1.54) is 0 Å². The molecule has 3 heteroatoms. The van der Waals surface area contributed by atoms with Crippen molar-refractivity contribution in [3.05, 3.63) is 24.3 Å². The molecule has 0 saturated heterocycles. The first-order valence-corrected chi connectivity index (χ1v) is 6.14. The first-order chi connectivity index (χ1) is 7.43. The fourth-order valence-electron chi connectivity index (χ4n) is 1.71. The van der Waals surface area contributed by atoms with Crippen LogP contribution >= 0.6 is 11.6 Å². The van der Waals surface area contributed by atoms with Crippen LogP contribution in [-0.4, -0.2) is 10.9 Å². The maximum Gasteiger partial charge on any atom is 0.0355 e. The molecule has 0 spiro atoms. The van der Waals surface area contributed by atoms with Gasteiger partial charge in [-0.1, -0.05) is 6.92 Å². The lowest BCUT2D eigenvalue weighted by Crippen LogP contribution is -2.33. The summed E-state index contributed by atoms with van der Waals surface area (Å²) in [5, 5.41) is 3.69. The van der Waals surface area contributed by atoms with E-state index in [0.717, 1.165) is 24.2 Å². The van der Waals surface area contributed by atoms with Crippen molar-refractivity contribution in [1.82, 2.24) is 0 Å². The van der Waals surface area contributed by atoms with Crippen molar-refractivity contribution in [3.8, 4) is 0 Å². The summed E-state index contributed by atoms with van der Waals surface area (Å²) in [5.41, 5.74) is 7.51. The zero-order valence-electron chi connectivity index (χ0n) is 10.3. The van der Waals surface area contributed by atoms with Gasteiger partial charge in [-0.15, -0.1) is 11.6 Å². The molecule has 3 N–H and O–H groups in total. The maximum atomic E-state index is 6.18. The Morgan fingerprint density at radius 3 is 2.38 bits per heavy atom. The highest BCUT2D eigenvalue weighted by atomic mass is 35.5. The average Bonchev–Trinajstić information content (AvgIpc) is 2.20. The van der Waals surface area contributed by atoms with Gasteiger partial charge in [-0.3, -0.25) is 0 Å². The molecule has 0 bridgehead atoms. The van der Waals surface area contributed by atoms with E-state index < -0.39 is 0 Å². The van der Waals surface area contributed by atoms with Gasteiger partial charge in [0, 0.05) is 22.3 Å². The highest BCUT2D eigenvalue weighted by molar-refractivity contribution is 6.20. The zero-order chi connectivity index (χ0) is 12.2. The van der Waals surface area contributed by atoms with Crippen molar-refractivity contribution < 1.29 is 0 Å². The first kappa shape index (κ1) is 13.2. The normalized spacial score (nSPS) is 13.5. The number of hydrogen-bond donors (Lipinski definition) is 2. The van der Waals surface area contributed by atoms with Crippen LogP contribution < -0.4 is 11.1 Å². The number of rotatable bonds is 5. The number of nitrogen functional groups attached to an aromatic ring is 1. The quantitative estimate of drug-likeness (QED) is 0.606. The molecule has 1 atom stereocenters. The Morgan fingerprint density at radius 2 is 1.88 bits per heavy atom. The van der Waals surface area contributed by atoms with Gasteiger partial charge < -0.3 is 11.1 Å². The van der Waals surface area contributed by atoms with Gasteiger partial charge in [0.1, 0.15) is 0 Å². The third-order valence-electron chi connectivity index (χ3n) is 2.57. The van der Waals surface area contributed by atoms with E-state index in [1.54, 1.807) is 0 Å². The molecule has 0 fully saturated rings. The fourth-order valence-corrected chi connectivity index (χ4v) is 2.09. The highest BCUT2D eigenvalue weighted by Gasteiger charge is 2.20. The van der Waals surface area contributed by atoms with Gasteiger partial charge in [-0.2, -0.15) is 0 Å². The Morgan fingerprint density at radius 1 is 1.31 bits per heavy atom. The summed E-state index contributed by atoms with van der Waals surface area (Å²) in [5.74, 6) is 0. The molecule has 0 aliphatic heterocycles. The molecule has 0 aliphatic rings. The van der Waals surface area contributed by atoms with E-state index in [2.05, 4.69) is 26.1 Å². The first-order valence-electron chi connectivity index (χ1n) is 5.71. The molecule has 0 amide bonds. The van der Waals surface area contributed by atoms with E-state index in [9.17, 15) is 0 Å². The van der Waals surface area contributed by atoms with E-state index in [4.69, 9.17) is 17.3 Å². The van der Waals surface area contributed by atoms with Crippen molar-refractivity contribution in [3.63, 3.8) is 0 Å². The number of nitrogens with two attached hydrogens (primary N) is 1. The second-order valence-corrected chi connectivity index (χ2v) is 5.46. The minimum Gasteiger partial charge on any atom is -0.399 e. The summed E-state index contributed by atoms with van der Waals surface area (Å²) in [6, 6.07) is 7.78. The maximum absolute atomic E-state index is 6.18. The lowest BCUT2D eigenvalue weighted by Gasteiger charge is -2.29. The third kappa shape index (κ3) is 4.31. The summed E-state index contributed by atoms with van der Waals surface area (Å²) in [6.45, 7) is 6.43. The second-order valence-electron chi connectivity index (χ2n) is 4.84. The second kappa shape index (κ2) is 5.44. The number of anilines is 2. The van der Waals surface area contributed by atoms with Crippen molar-refractivity contribution in [2.24, 2.45) is 0 Å². The lowest BCUT2D eigenvalue weighted by atomic mass is 9.96. The van der Waals surface area contributed by atoms with Crippen LogP contribution in [0.4, 0.5) is 11.4 Å². The number of hydrogen-bond acceptors (Lipinski definition) is 2. The molecular formula is C13H21ClN2. The Bertz CT molecular complexity index is 319. The molecule has 1 rings (SSSR count). The van der Waals surface area contributed by atoms with E-state index in [1.807, 2.05) is 24.3 Å². The Labute approximate surface area is 103 Å². The van der Waals surface area contributed by atoms with Crippen LogP contribution in [0, 0.1) is 0 Å². The number of halogens is 1. The monoisotopic (exact) mass is 240 g/mol. The Balaban J connectivity index is 2.61.